The molecular weight excluding hydrogens is 152 g/mol. The number of hydrogen-bond acceptors (Lipinski definition) is 1. The standard InChI is InChI=1S/C10H6S/c1-2-8-3-4-9-7-11-6-5-10(8)9/h1,3-7H. The summed E-state index contributed by atoms with van der Waals surface area (Å²) in [5.41, 5.74) is 3.42. The monoisotopic (exact) mass is 158 g/mol. The molecule has 0 amide bonds. The molecule has 2 aliphatic rings. The second kappa shape index (κ2) is 2.41. The van der Waals surface area contributed by atoms with Crippen molar-refractivity contribution in [3.05, 3.63) is 34.5 Å². The molecule has 0 saturated heterocycles. The molecule has 1 heteroatoms. The molecule has 2 rings (SSSR count). The van der Waals surface area contributed by atoms with E-state index in [1.165, 1.54) is 11.1 Å². The highest BCUT2D eigenvalue weighted by Crippen LogP contribution is 2.27. The number of rotatable bonds is 0. The molecule has 0 bridgehead atoms. The zero-order chi connectivity index (χ0) is 7.68. The summed E-state index contributed by atoms with van der Waals surface area (Å²) in [6.45, 7) is 0. The van der Waals surface area contributed by atoms with E-state index in [2.05, 4.69) is 23.4 Å². The van der Waals surface area contributed by atoms with E-state index in [4.69, 9.17) is 6.42 Å². The Bertz CT molecular complexity index is 378. The van der Waals surface area contributed by atoms with Gasteiger partial charge in [-0.3, -0.25) is 0 Å². The van der Waals surface area contributed by atoms with Crippen molar-refractivity contribution in [3.63, 3.8) is 0 Å². The summed E-state index contributed by atoms with van der Waals surface area (Å²) >= 11 is 1.69. The van der Waals surface area contributed by atoms with Crippen molar-refractivity contribution in [1.29, 1.82) is 0 Å². The maximum Gasteiger partial charge on any atom is 0.0321 e. The molecule has 0 aromatic heterocycles. The number of hydrogen-bond donors (Lipinski definition) is 0. The van der Waals surface area contributed by atoms with E-state index in [-0.39, 0.29) is 0 Å². The molecule has 11 heavy (non-hydrogen) atoms. The minimum absolute atomic E-state index is 0.993. The predicted molar refractivity (Wildman–Crippen MR) is 48.9 cm³/mol. The van der Waals surface area contributed by atoms with Gasteiger partial charge in [0.1, 0.15) is 0 Å². The lowest BCUT2D eigenvalue weighted by atomic mass is 10.1. The molecule has 0 unspecified atom stereocenters. The Morgan fingerprint density at radius 2 is 2.18 bits per heavy atom. The Morgan fingerprint density at radius 1 is 1.27 bits per heavy atom. The minimum atomic E-state index is 0.993. The van der Waals surface area contributed by atoms with Crippen molar-refractivity contribution >= 4 is 11.3 Å². The Labute approximate surface area is 69.8 Å². The highest BCUT2D eigenvalue weighted by atomic mass is 32.1. The summed E-state index contributed by atoms with van der Waals surface area (Å²) in [6, 6.07) is 6.10. The van der Waals surface area contributed by atoms with Crippen LogP contribution in [0.5, 0.6) is 0 Å². The first kappa shape index (κ1) is 6.45. The van der Waals surface area contributed by atoms with E-state index >= 15 is 0 Å². The first-order chi connectivity index (χ1) is 5.42. The summed E-state index contributed by atoms with van der Waals surface area (Å²) in [5.74, 6) is 2.65. The van der Waals surface area contributed by atoms with Gasteiger partial charge in [-0.1, -0.05) is 12.0 Å². The van der Waals surface area contributed by atoms with Gasteiger partial charge in [-0.2, -0.15) is 11.3 Å². The molecule has 1 aliphatic heterocycles. The second-order valence-electron chi connectivity index (χ2n) is 2.32. The van der Waals surface area contributed by atoms with Gasteiger partial charge in [0.2, 0.25) is 0 Å². The fourth-order valence-corrected chi connectivity index (χ4v) is 1.79. The molecule has 0 spiro atoms. The van der Waals surface area contributed by atoms with Crippen LogP contribution in [-0.4, -0.2) is 0 Å². The Balaban J connectivity index is 2.76. The van der Waals surface area contributed by atoms with Gasteiger partial charge in [0.25, 0.3) is 0 Å². The summed E-state index contributed by atoms with van der Waals surface area (Å²) < 4.78 is 0. The summed E-state index contributed by atoms with van der Waals surface area (Å²) in [6.07, 6.45) is 5.31. The molecule has 0 atom stereocenters. The van der Waals surface area contributed by atoms with Gasteiger partial charge in [-0.25, -0.2) is 0 Å². The first-order valence-corrected chi connectivity index (χ1v) is 4.27. The molecule has 0 fully saturated rings. The van der Waals surface area contributed by atoms with Crippen molar-refractivity contribution in [2.45, 2.75) is 0 Å². The minimum Gasteiger partial charge on any atom is -0.152 e. The SMILES string of the molecule is C#Cc1ccc2csccc1-2. The van der Waals surface area contributed by atoms with Crippen LogP contribution in [0.2, 0.25) is 0 Å². The number of terminal acetylenes is 1. The third kappa shape index (κ3) is 0.923. The zero-order valence-corrected chi connectivity index (χ0v) is 6.69. The summed E-state index contributed by atoms with van der Waals surface area (Å²) in [5, 5.41) is 4.15. The smallest absolute Gasteiger partial charge is 0.0321 e. The van der Waals surface area contributed by atoms with Gasteiger partial charge in [0, 0.05) is 5.56 Å². The number of fused-ring (bicyclic) bond motifs is 1. The molecule has 0 aromatic rings. The third-order valence-corrected chi connectivity index (χ3v) is 2.38. The molecule has 0 radical (unpaired) electrons. The first-order valence-electron chi connectivity index (χ1n) is 3.33. The Kier molecular flexibility index (Phi) is 1.41. The van der Waals surface area contributed by atoms with E-state index in [1.807, 2.05) is 11.4 Å². The summed E-state index contributed by atoms with van der Waals surface area (Å²) in [7, 11) is 0. The van der Waals surface area contributed by atoms with Crippen LogP contribution in [0.15, 0.2) is 29.0 Å². The van der Waals surface area contributed by atoms with Gasteiger partial charge in [-0.05, 0) is 34.0 Å². The molecule has 0 N–H and O–H groups in total. The normalized spacial score (nSPS) is 9.73. The van der Waals surface area contributed by atoms with Crippen molar-refractivity contribution in [2.24, 2.45) is 0 Å². The van der Waals surface area contributed by atoms with Crippen molar-refractivity contribution in [2.75, 3.05) is 0 Å². The van der Waals surface area contributed by atoms with E-state index in [0.717, 1.165) is 5.56 Å². The van der Waals surface area contributed by atoms with Gasteiger partial charge in [-0.15, -0.1) is 6.42 Å². The summed E-state index contributed by atoms with van der Waals surface area (Å²) in [4.78, 5) is 0. The quantitative estimate of drug-likeness (QED) is 0.517. The highest BCUT2D eigenvalue weighted by molar-refractivity contribution is 7.07. The van der Waals surface area contributed by atoms with Gasteiger partial charge >= 0.3 is 0 Å². The Hall–Kier alpha value is -1.26. The lowest BCUT2D eigenvalue weighted by Gasteiger charge is -1.95. The maximum absolute atomic E-state index is 5.31. The van der Waals surface area contributed by atoms with E-state index in [9.17, 15) is 0 Å². The van der Waals surface area contributed by atoms with Crippen LogP contribution < -0.4 is 0 Å². The molecule has 52 valence electrons. The topological polar surface area (TPSA) is 0 Å². The van der Waals surface area contributed by atoms with Crippen LogP contribution in [0.3, 0.4) is 0 Å². The van der Waals surface area contributed by atoms with Crippen LogP contribution in [0, 0.1) is 12.3 Å². The third-order valence-electron chi connectivity index (χ3n) is 1.69. The van der Waals surface area contributed by atoms with Crippen LogP contribution in [0.1, 0.15) is 5.56 Å². The molecule has 0 saturated carbocycles. The van der Waals surface area contributed by atoms with Crippen molar-refractivity contribution < 1.29 is 0 Å². The fraction of sp³-hybridized carbons (Fsp3) is 0. The van der Waals surface area contributed by atoms with Crippen LogP contribution in [0.4, 0.5) is 0 Å². The zero-order valence-electron chi connectivity index (χ0n) is 5.87. The average molecular weight is 158 g/mol. The molecule has 1 aliphatic carbocycles. The molecule has 0 aromatic carbocycles. The average Bonchev–Trinajstić information content (AvgIpc) is 2.47. The van der Waals surface area contributed by atoms with Crippen molar-refractivity contribution in [1.82, 2.24) is 0 Å². The molecule has 1 heterocycles. The van der Waals surface area contributed by atoms with Gasteiger partial charge in [0.05, 0.1) is 0 Å². The predicted octanol–water partition coefficient (Wildman–Crippen LogP) is 2.83. The van der Waals surface area contributed by atoms with Crippen molar-refractivity contribution in [3.8, 4) is 23.5 Å². The Morgan fingerprint density at radius 3 is 3.00 bits per heavy atom. The van der Waals surface area contributed by atoms with Crippen LogP contribution >= 0.6 is 11.3 Å². The van der Waals surface area contributed by atoms with E-state index in [0.29, 0.717) is 0 Å². The lowest BCUT2D eigenvalue weighted by molar-refractivity contribution is 1.79. The van der Waals surface area contributed by atoms with Crippen LogP contribution in [-0.2, 0) is 0 Å². The van der Waals surface area contributed by atoms with Gasteiger partial charge in [0.15, 0.2) is 0 Å². The van der Waals surface area contributed by atoms with Gasteiger partial charge < -0.3 is 0 Å². The highest BCUT2D eigenvalue weighted by Gasteiger charge is 2.04. The van der Waals surface area contributed by atoms with Crippen LogP contribution in [0.25, 0.3) is 11.1 Å². The second-order valence-corrected chi connectivity index (χ2v) is 3.10. The molecular formula is C10H6S. The largest absolute Gasteiger partial charge is 0.152 e. The van der Waals surface area contributed by atoms with E-state index in [1.54, 1.807) is 11.3 Å². The fourth-order valence-electron chi connectivity index (χ4n) is 1.14. The molecule has 0 nitrogen and oxygen atoms in total. The maximum atomic E-state index is 5.31. The van der Waals surface area contributed by atoms with E-state index < -0.39 is 0 Å². The lowest BCUT2D eigenvalue weighted by Crippen LogP contribution is -1.72.